The molecule has 0 radical (unpaired) electrons. The lowest BCUT2D eigenvalue weighted by atomic mass is 9.90. The van der Waals surface area contributed by atoms with Crippen molar-refractivity contribution < 1.29 is 13.9 Å². The molecule has 0 saturated carbocycles. The highest BCUT2D eigenvalue weighted by molar-refractivity contribution is 5.83. The van der Waals surface area contributed by atoms with Gasteiger partial charge in [0.15, 0.2) is 11.3 Å². The lowest BCUT2D eigenvalue weighted by Gasteiger charge is -2.13. The Morgan fingerprint density at radius 1 is 1.41 bits per heavy atom. The van der Waals surface area contributed by atoms with Crippen molar-refractivity contribution in [3.63, 3.8) is 0 Å². The summed E-state index contributed by atoms with van der Waals surface area (Å²) in [5.41, 5.74) is 0.341. The van der Waals surface area contributed by atoms with Crippen molar-refractivity contribution in [1.29, 1.82) is 0 Å². The summed E-state index contributed by atoms with van der Waals surface area (Å²) >= 11 is 0. The zero-order chi connectivity index (χ0) is 12.5. The molecule has 0 N–H and O–H groups in total. The molecule has 0 spiro atoms. The maximum atomic E-state index is 10.9. The Labute approximate surface area is 100 Å². The van der Waals surface area contributed by atoms with Gasteiger partial charge in [-0.2, -0.15) is 0 Å². The summed E-state index contributed by atoms with van der Waals surface area (Å²) in [6.07, 6.45) is 1.55. The third-order valence-electron chi connectivity index (χ3n) is 2.73. The second-order valence-corrected chi connectivity index (χ2v) is 4.87. The number of benzene rings is 1. The van der Waals surface area contributed by atoms with E-state index in [0.29, 0.717) is 6.42 Å². The predicted octanol–water partition coefficient (Wildman–Crippen LogP) is 3.21. The normalized spacial score (nSPS) is 11.7. The van der Waals surface area contributed by atoms with Gasteiger partial charge in [0.1, 0.15) is 12.0 Å². The van der Waals surface area contributed by atoms with Gasteiger partial charge in [-0.25, -0.2) is 0 Å². The molecule has 0 unspecified atom stereocenters. The first-order valence-electron chi connectivity index (χ1n) is 5.57. The van der Waals surface area contributed by atoms with Crippen LogP contribution in [0.2, 0.25) is 0 Å². The molecule has 17 heavy (non-hydrogen) atoms. The van der Waals surface area contributed by atoms with E-state index in [2.05, 4.69) is 0 Å². The summed E-state index contributed by atoms with van der Waals surface area (Å²) in [6.45, 7) is 3.79. The Morgan fingerprint density at radius 2 is 2.18 bits per heavy atom. The Morgan fingerprint density at radius 3 is 2.82 bits per heavy atom. The quantitative estimate of drug-likeness (QED) is 0.760. The Balaban J connectivity index is 2.41. The number of carbonyl (C=O) groups excluding carboxylic acids is 1. The van der Waals surface area contributed by atoms with Crippen LogP contribution in [0.3, 0.4) is 0 Å². The lowest BCUT2D eigenvalue weighted by Crippen LogP contribution is -2.15. The van der Waals surface area contributed by atoms with Gasteiger partial charge in [0.25, 0.3) is 0 Å². The summed E-state index contributed by atoms with van der Waals surface area (Å²) < 4.78 is 11.0. The molecule has 2 aromatic rings. The van der Waals surface area contributed by atoms with Crippen molar-refractivity contribution in [3.8, 4) is 5.75 Å². The van der Waals surface area contributed by atoms with Crippen LogP contribution < -0.4 is 4.74 Å². The molecular formula is C14H16O3. The van der Waals surface area contributed by atoms with Crippen molar-refractivity contribution in [2.45, 2.75) is 20.3 Å². The standard InChI is InChI=1S/C14H16O3/c1-14(2,9-15)8-11-7-10-5-4-6-12(16-3)13(10)17-11/h4-7,9H,8H2,1-3H3. The minimum atomic E-state index is -0.402. The van der Waals surface area contributed by atoms with E-state index in [1.54, 1.807) is 7.11 Å². The highest BCUT2D eigenvalue weighted by Gasteiger charge is 2.20. The average Bonchev–Trinajstić information content (AvgIpc) is 2.70. The first kappa shape index (κ1) is 11.7. The van der Waals surface area contributed by atoms with Crippen molar-refractivity contribution in [2.75, 3.05) is 7.11 Å². The summed E-state index contributed by atoms with van der Waals surface area (Å²) in [6, 6.07) is 7.72. The first-order chi connectivity index (χ1) is 8.05. The number of ether oxygens (including phenoxy) is 1. The molecule has 0 fully saturated rings. The molecule has 0 bridgehead atoms. The molecule has 0 saturated heterocycles. The van der Waals surface area contributed by atoms with E-state index in [1.165, 1.54) is 0 Å². The van der Waals surface area contributed by atoms with Crippen LogP contribution in [0.1, 0.15) is 19.6 Å². The van der Waals surface area contributed by atoms with Gasteiger partial charge in [-0.1, -0.05) is 26.0 Å². The van der Waals surface area contributed by atoms with Gasteiger partial charge < -0.3 is 13.9 Å². The fraction of sp³-hybridized carbons (Fsp3) is 0.357. The van der Waals surface area contributed by atoms with Gasteiger partial charge in [-0.3, -0.25) is 0 Å². The molecular weight excluding hydrogens is 216 g/mol. The number of aldehydes is 1. The van der Waals surface area contributed by atoms with Crippen LogP contribution in [-0.4, -0.2) is 13.4 Å². The van der Waals surface area contributed by atoms with Crippen LogP contribution in [0.25, 0.3) is 11.0 Å². The number of para-hydroxylation sites is 1. The van der Waals surface area contributed by atoms with E-state index >= 15 is 0 Å². The van der Waals surface area contributed by atoms with E-state index < -0.39 is 5.41 Å². The fourth-order valence-electron chi connectivity index (χ4n) is 1.83. The monoisotopic (exact) mass is 232 g/mol. The average molecular weight is 232 g/mol. The molecule has 1 aromatic carbocycles. The van der Waals surface area contributed by atoms with E-state index in [1.807, 2.05) is 38.1 Å². The van der Waals surface area contributed by atoms with Crippen LogP contribution in [-0.2, 0) is 11.2 Å². The minimum Gasteiger partial charge on any atom is -0.493 e. The number of rotatable bonds is 4. The van der Waals surface area contributed by atoms with Crippen LogP contribution in [0, 0.1) is 5.41 Å². The minimum absolute atomic E-state index is 0.402. The zero-order valence-electron chi connectivity index (χ0n) is 10.3. The molecule has 0 aliphatic heterocycles. The molecule has 2 rings (SSSR count). The van der Waals surface area contributed by atoms with E-state index in [0.717, 1.165) is 28.8 Å². The first-order valence-corrected chi connectivity index (χ1v) is 5.57. The molecule has 0 aliphatic rings. The third-order valence-corrected chi connectivity index (χ3v) is 2.73. The molecule has 1 heterocycles. The maximum absolute atomic E-state index is 10.9. The number of hydrogen-bond acceptors (Lipinski definition) is 3. The van der Waals surface area contributed by atoms with Crippen molar-refractivity contribution in [3.05, 3.63) is 30.0 Å². The topological polar surface area (TPSA) is 39.4 Å². The molecule has 90 valence electrons. The number of methoxy groups -OCH3 is 1. The van der Waals surface area contributed by atoms with Gasteiger partial charge in [-0.05, 0) is 12.1 Å². The molecule has 3 heteroatoms. The van der Waals surface area contributed by atoms with Gasteiger partial charge >= 0.3 is 0 Å². The molecule has 3 nitrogen and oxygen atoms in total. The summed E-state index contributed by atoms with van der Waals surface area (Å²) in [4.78, 5) is 10.9. The second-order valence-electron chi connectivity index (χ2n) is 4.87. The van der Waals surface area contributed by atoms with E-state index in [9.17, 15) is 4.79 Å². The number of furan rings is 1. The van der Waals surface area contributed by atoms with Crippen LogP contribution >= 0.6 is 0 Å². The van der Waals surface area contributed by atoms with Crippen LogP contribution in [0.15, 0.2) is 28.7 Å². The molecule has 0 atom stereocenters. The molecule has 0 amide bonds. The van der Waals surface area contributed by atoms with Gasteiger partial charge in [0.2, 0.25) is 0 Å². The summed E-state index contributed by atoms with van der Waals surface area (Å²) in [5, 5.41) is 1.00. The number of carbonyl (C=O) groups is 1. The Bertz CT molecular complexity index is 537. The van der Waals surface area contributed by atoms with Crippen LogP contribution in [0.4, 0.5) is 0 Å². The Hall–Kier alpha value is -1.77. The van der Waals surface area contributed by atoms with E-state index in [4.69, 9.17) is 9.15 Å². The summed E-state index contributed by atoms with van der Waals surface area (Å²) in [7, 11) is 1.62. The maximum Gasteiger partial charge on any atom is 0.176 e. The van der Waals surface area contributed by atoms with Crippen molar-refractivity contribution in [1.82, 2.24) is 0 Å². The SMILES string of the molecule is COc1cccc2cc(CC(C)(C)C=O)oc12. The highest BCUT2D eigenvalue weighted by atomic mass is 16.5. The van der Waals surface area contributed by atoms with Crippen LogP contribution in [0.5, 0.6) is 5.75 Å². The molecule has 0 aliphatic carbocycles. The van der Waals surface area contributed by atoms with Gasteiger partial charge in [0.05, 0.1) is 7.11 Å². The Kier molecular flexibility index (Phi) is 2.92. The summed E-state index contributed by atoms with van der Waals surface area (Å²) in [5.74, 6) is 1.53. The zero-order valence-corrected chi connectivity index (χ0v) is 10.3. The third kappa shape index (κ3) is 2.33. The van der Waals surface area contributed by atoms with Gasteiger partial charge in [-0.15, -0.1) is 0 Å². The largest absolute Gasteiger partial charge is 0.493 e. The lowest BCUT2D eigenvalue weighted by molar-refractivity contribution is -0.114. The number of fused-ring (bicyclic) bond motifs is 1. The van der Waals surface area contributed by atoms with E-state index in [-0.39, 0.29) is 0 Å². The molecule has 1 aromatic heterocycles. The van der Waals surface area contributed by atoms with Crippen molar-refractivity contribution in [2.24, 2.45) is 5.41 Å². The number of hydrogen-bond donors (Lipinski definition) is 0. The van der Waals surface area contributed by atoms with Crippen molar-refractivity contribution >= 4 is 17.3 Å². The highest BCUT2D eigenvalue weighted by Crippen LogP contribution is 2.30. The fourth-order valence-corrected chi connectivity index (χ4v) is 1.83. The van der Waals surface area contributed by atoms with Gasteiger partial charge in [0, 0.05) is 17.2 Å². The predicted molar refractivity (Wildman–Crippen MR) is 66.3 cm³/mol. The smallest absolute Gasteiger partial charge is 0.176 e. The second kappa shape index (κ2) is 4.24.